The molecular formula is C17H18N4O3S. The van der Waals surface area contributed by atoms with Crippen molar-refractivity contribution in [2.24, 2.45) is 10.1 Å². The van der Waals surface area contributed by atoms with Crippen molar-refractivity contribution in [3.63, 3.8) is 0 Å². The number of hydrogen-bond donors (Lipinski definition) is 3. The van der Waals surface area contributed by atoms with Gasteiger partial charge in [0.05, 0.1) is 16.1 Å². The Morgan fingerprint density at radius 2 is 1.84 bits per heavy atom. The molecule has 0 spiro atoms. The molecule has 0 radical (unpaired) electrons. The van der Waals surface area contributed by atoms with Crippen LogP contribution in [0, 0.1) is 0 Å². The fourth-order valence-corrected chi connectivity index (χ4v) is 2.97. The zero-order valence-electron chi connectivity index (χ0n) is 13.8. The Kier molecular flexibility index (Phi) is 4.23. The van der Waals surface area contributed by atoms with Crippen molar-refractivity contribution in [3.8, 4) is 5.88 Å². The van der Waals surface area contributed by atoms with E-state index in [0.29, 0.717) is 11.3 Å². The molecule has 1 aromatic heterocycles. The molecule has 2 aromatic carbocycles. The highest BCUT2D eigenvalue weighted by Crippen LogP contribution is 2.29. The number of nitrogens with one attached hydrogen (secondary N) is 1. The number of rotatable bonds is 4. The van der Waals surface area contributed by atoms with Gasteiger partial charge in [-0.05, 0) is 42.5 Å². The first-order valence-electron chi connectivity index (χ1n) is 7.44. The summed E-state index contributed by atoms with van der Waals surface area (Å²) in [4.78, 5) is 9.21. The Hall–Kier alpha value is -2.84. The third-order valence-electron chi connectivity index (χ3n) is 3.83. The summed E-state index contributed by atoms with van der Waals surface area (Å²) in [5.41, 5.74) is 2.91. The van der Waals surface area contributed by atoms with E-state index in [-0.39, 0.29) is 10.8 Å². The lowest BCUT2D eigenvalue weighted by Crippen LogP contribution is -2.11. The van der Waals surface area contributed by atoms with Crippen LogP contribution in [0.25, 0.3) is 10.9 Å². The molecule has 130 valence electrons. The first-order chi connectivity index (χ1) is 11.8. The SMILES string of the molecule is CN(C)c1ccc2[nH]c(O)c(C=Nc3ccc(S(N)(=O)=O)cc3)c2c1. The maximum atomic E-state index is 11.3. The maximum Gasteiger partial charge on any atom is 0.238 e. The van der Waals surface area contributed by atoms with Crippen LogP contribution in [0.3, 0.4) is 0 Å². The van der Waals surface area contributed by atoms with Crippen molar-refractivity contribution in [2.45, 2.75) is 4.90 Å². The average Bonchev–Trinajstić information content (AvgIpc) is 2.87. The fraction of sp³-hybridized carbons (Fsp3) is 0.118. The minimum atomic E-state index is -3.73. The topological polar surface area (TPSA) is 112 Å². The fourth-order valence-electron chi connectivity index (χ4n) is 2.46. The number of H-pyrrole nitrogens is 1. The summed E-state index contributed by atoms with van der Waals surface area (Å²) in [5, 5.41) is 16.0. The Bertz CT molecular complexity index is 1050. The van der Waals surface area contributed by atoms with Crippen molar-refractivity contribution in [2.75, 3.05) is 19.0 Å². The lowest BCUT2D eigenvalue weighted by Gasteiger charge is -2.11. The molecule has 0 aliphatic rings. The zero-order valence-corrected chi connectivity index (χ0v) is 14.6. The number of benzene rings is 2. The van der Waals surface area contributed by atoms with Gasteiger partial charge in [-0.1, -0.05) is 0 Å². The van der Waals surface area contributed by atoms with Gasteiger partial charge in [-0.3, -0.25) is 4.99 Å². The van der Waals surface area contributed by atoms with Crippen molar-refractivity contribution < 1.29 is 13.5 Å². The van der Waals surface area contributed by atoms with E-state index in [4.69, 9.17) is 5.14 Å². The largest absolute Gasteiger partial charge is 0.494 e. The molecule has 0 aliphatic carbocycles. The predicted octanol–water partition coefficient (Wildman–Crippen LogP) is 2.34. The van der Waals surface area contributed by atoms with Crippen LogP contribution in [-0.2, 0) is 10.0 Å². The number of nitrogens with two attached hydrogens (primary N) is 1. The van der Waals surface area contributed by atoms with Crippen molar-refractivity contribution >= 4 is 38.5 Å². The number of fused-ring (bicyclic) bond motifs is 1. The summed E-state index contributed by atoms with van der Waals surface area (Å²) in [6.45, 7) is 0. The normalized spacial score (nSPS) is 12.1. The minimum Gasteiger partial charge on any atom is -0.494 e. The van der Waals surface area contributed by atoms with E-state index >= 15 is 0 Å². The molecule has 4 N–H and O–H groups in total. The first-order valence-corrected chi connectivity index (χ1v) is 8.99. The summed E-state index contributed by atoms with van der Waals surface area (Å²) >= 11 is 0. The molecule has 3 aromatic rings. The first kappa shape index (κ1) is 17.0. The van der Waals surface area contributed by atoms with Crippen LogP contribution >= 0.6 is 0 Å². The molecule has 8 heteroatoms. The van der Waals surface area contributed by atoms with Crippen LogP contribution in [0.5, 0.6) is 5.88 Å². The molecule has 0 atom stereocenters. The maximum absolute atomic E-state index is 11.3. The van der Waals surface area contributed by atoms with E-state index < -0.39 is 10.0 Å². The smallest absolute Gasteiger partial charge is 0.238 e. The number of aromatic nitrogens is 1. The molecule has 7 nitrogen and oxygen atoms in total. The van der Waals surface area contributed by atoms with Gasteiger partial charge in [0, 0.05) is 36.9 Å². The molecule has 0 bridgehead atoms. The zero-order chi connectivity index (χ0) is 18.2. The highest BCUT2D eigenvalue weighted by atomic mass is 32.2. The number of primary sulfonamides is 1. The number of aromatic hydroxyl groups is 1. The van der Waals surface area contributed by atoms with E-state index in [1.165, 1.54) is 12.1 Å². The van der Waals surface area contributed by atoms with E-state index in [9.17, 15) is 13.5 Å². The van der Waals surface area contributed by atoms with E-state index in [1.807, 2.05) is 37.2 Å². The molecule has 3 rings (SSSR count). The highest BCUT2D eigenvalue weighted by molar-refractivity contribution is 7.89. The standard InChI is InChI=1S/C17H18N4O3S/c1-21(2)12-5-8-16-14(9-12)15(17(22)20-16)10-19-11-3-6-13(7-4-11)25(18,23)24/h3-10,20,22H,1-2H3,(H2,18,23,24). The Balaban J connectivity index is 1.98. The van der Waals surface area contributed by atoms with Crippen LogP contribution in [0.1, 0.15) is 5.56 Å². The molecule has 0 unspecified atom stereocenters. The Labute approximate surface area is 145 Å². The van der Waals surface area contributed by atoms with E-state index in [1.54, 1.807) is 18.3 Å². The van der Waals surface area contributed by atoms with Gasteiger partial charge in [-0.25, -0.2) is 13.6 Å². The molecular weight excluding hydrogens is 340 g/mol. The molecule has 25 heavy (non-hydrogen) atoms. The number of sulfonamides is 1. The average molecular weight is 358 g/mol. The van der Waals surface area contributed by atoms with Crippen LogP contribution in [-0.4, -0.2) is 38.8 Å². The van der Waals surface area contributed by atoms with Gasteiger partial charge in [0.15, 0.2) is 5.88 Å². The third-order valence-corrected chi connectivity index (χ3v) is 4.76. The second kappa shape index (κ2) is 6.23. The quantitative estimate of drug-likeness (QED) is 0.621. The van der Waals surface area contributed by atoms with E-state index in [2.05, 4.69) is 9.98 Å². The monoisotopic (exact) mass is 358 g/mol. The lowest BCUT2D eigenvalue weighted by molar-refractivity contribution is 0.457. The summed E-state index contributed by atoms with van der Waals surface area (Å²) in [6, 6.07) is 11.7. The van der Waals surface area contributed by atoms with Gasteiger partial charge in [-0.2, -0.15) is 0 Å². The molecule has 0 fully saturated rings. The molecule has 0 saturated heterocycles. The Morgan fingerprint density at radius 3 is 2.44 bits per heavy atom. The predicted molar refractivity (Wildman–Crippen MR) is 99.4 cm³/mol. The number of nitrogens with zero attached hydrogens (tertiary/aromatic N) is 2. The molecule has 0 aliphatic heterocycles. The number of aromatic amines is 1. The van der Waals surface area contributed by atoms with Gasteiger partial charge in [-0.15, -0.1) is 0 Å². The minimum absolute atomic E-state index is 0.0239. The van der Waals surface area contributed by atoms with Gasteiger partial charge in [0.1, 0.15) is 0 Å². The van der Waals surface area contributed by atoms with Gasteiger partial charge >= 0.3 is 0 Å². The summed E-state index contributed by atoms with van der Waals surface area (Å²) in [6.07, 6.45) is 1.54. The van der Waals surface area contributed by atoms with Crippen LogP contribution in [0.2, 0.25) is 0 Å². The van der Waals surface area contributed by atoms with Gasteiger partial charge in [0.2, 0.25) is 10.0 Å². The van der Waals surface area contributed by atoms with Crippen LogP contribution in [0.15, 0.2) is 52.4 Å². The second-order valence-corrected chi connectivity index (χ2v) is 7.37. The van der Waals surface area contributed by atoms with E-state index in [0.717, 1.165) is 16.6 Å². The molecule has 1 heterocycles. The third kappa shape index (κ3) is 3.49. The van der Waals surface area contributed by atoms with Crippen LogP contribution < -0.4 is 10.0 Å². The lowest BCUT2D eigenvalue weighted by atomic mass is 10.1. The Morgan fingerprint density at radius 1 is 1.16 bits per heavy atom. The second-order valence-electron chi connectivity index (χ2n) is 5.81. The highest BCUT2D eigenvalue weighted by Gasteiger charge is 2.10. The van der Waals surface area contributed by atoms with Gasteiger partial charge in [0.25, 0.3) is 0 Å². The van der Waals surface area contributed by atoms with Crippen molar-refractivity contribution in [1.29, 1.82) is 0 Å². The number of anilines is 1. The van der Waals surface area contributed by atoms with Crippen molar-refractivity contribution in [1.82, 2.24) is 4.98 Å². The number of hydrogen-bond acceptors (Lipinski definition) is 5. The molecule has 0 amide bonds. The van der Waals surface area contributed by atoms with Crippen molar-refractivity contribution in [3.05, 3.63) is 48.0 Å². The van der Waals surface area contributed by atoms with Crippen LogP contribution in [0.4, 0.5) is 11.4 Å². The van der Waals surface area contributed by atoms with Gasteiger partial charge < -0.3 is 15.0 Å². The number of aliphatic imine (C=N–C) groups is 1. The molecule has 0 saturated carbocycles. The summed E-state index contributed by atoms with van der Waals surface area (Å²) in [7, 11) is 0.150. The summed E-state index contributed by atoms with van der Waals surface area (Å²) < 4.78 is 22.5. The summed E-state index contributed by atoms with van der Waals surface area (Å²) in [5.74, 6) is 0.0239.